The maximum atomic E-state index is 14.3. The molecule has 0 atom stereocenters. The zero-order valence-electron chi connectivity index (χ0n) is 16.1. The first-order valence-corrected chi connectivity index (χ1v) is 9.41. The van der Waals surface area contributed by atoms with E-state index in [-0.39, 0.29) is 27.4 Å². The van der Waals surface area contributed by atoms with Crippen molar-refractivity contribution in [3.8, 4) is 11.4 Å². The number of nitrogens with zero attached hydrogens (tertiary/aromatic N) is 4. The third-order valence-electron chi connectivity index (χ3n) is 4.35. The summed E-state index contributed by atoms with van der Waals surface area (Å²) in [6.07, 6.45) is 0. The van der Waals surface area contributed by atoms with Gasteiger partial charge in [-0.15, -0.1) is 0 Å². The van der Waals surface area contributed by atoms with E-state index in [1.807, 2.05) is 0 Å². The van der Waals surface area contributed by atoms with Gasteiger partial charge in [0, 0.05) is 14.1 Å². The molecule has 8 nitrogen and oxygen atoms in total. The van der Waals surface area contributed by atoms with Gasteiger partial charge in [-0.05, 0) is 26.0 Å². The number of rotatable bonds is 5. The fraction of sp³-hybridized carbons (Fsp3) is 0.263. The summed E-state index contributed by atoms with van der Waals surface area (Å²) in [5, 5.41) is -1.09. The quantitative estimate of drug-likeness (QED) is 0.352. The number of hydrogen-bond acceptors (Lipinski definition) is 7. The topological polar surface area (TPSA) is 104 Å². The molecular formula is C19H17FN4O4S. The fourth-order valence-electron chi connectivity index (χ4n) is 2.84. The molecule has 0 saturated carbocycles. The first-order chi connectivity index (χ1) is 13.6. The highest BCUT2D eigenvalue weighted by atomic mass is 32.2. The molecule has 3 aromatic rings. The van der Waals surface area contributed by atoms with Crippen LogP contribution in [0.25, 0.3) is 22.4 Å². The van der Waals surface area contributed by atoms with Gasteiger partial charge in [0.2, 0.25) is 0 Å². The smallest absolute Gasteiger partial charge is 0.298 e. The van der Waals surface area contributed by atoms with Crippen LogP contribution in [0, 0.1) is 5.82 Å². The van der Waals surface area contributed by atoms with E-state index in [9.17, 15) is 23.6 Å². The van der Waals surface area contributed by atoms with Crippen LogP contribution in [-0.4, -0.2) is 35.9 Å². The van der Waals surface area contributed by atoms with Gasteiger partial charge in [0.05, 0.1) is 5.56 Å². The summed E-state index contributed by atoms with van der Waals surface area (Å²) in [5.74, 6) is -1.48. The molecule has 0 radical (unpaired) electrons. The van der Waals surface area contributed by atoms with Crippen LogP contribution in [0.1, 0.15) is 13.8 Å². The van der Waals surface area contributed by atoms with Gasteiger partial charge in [-0.2, -0.15) is 0 Å². The van der Waals surface area contributed by atoms with Crippen LogP contribution >= 0.6 is 11.8 Å². The number of ketones is 2. The van der Waals surface area contributed by atoms with Crippen molar-refractivity contribution < 1.29 is 14.0 Å². The molecule has 29 heavy (non-hydrogen) atoms. The second-order valence-electron chi connectivity index (χ2n) is 6.46. The van der Waals surface area contributed by atoms with Crippen molar-refractivity contribution in [2.45, 2.75) is 24.1 Å². The van der Waals surface area contributed by atoms with Crippen LogP contribution < -0.4 is 11.2 Å². The lowest BCUT2D eigenvalue weighted by Crippen LogP contribution is -2.38. The lowest BCUT2D eigenvalue weighted by Gasteiger charge is -2.14. The minimum absolute atomic E-state index is 0.0142. The largest absolute Gasteiger partial charge is 0.332 e. The van der Waals surface area contributed by atoms with Crippen LogP contribution in [0.15, 0.2) is 38.9 Å². The molecule has 2 aromatic heterocycles. The van der Waals surface area contributed by atoms with Gasteiger partial charge in [-0.3, -0.25) is 23.5 Å². The van der Waals surface area contributed by atoms with Crippen molar-refractivity contribution in [1.82, 2.24) is 19.1 Å². The highest BCUT2D eigenvalue weighted by molar-refractivity contribution is 8.01. The SMILES string of the molecule is CC(=O)C(Sc1nc(-c2ccccc2F)nc2c1c(=O)n(C)c(=O)n2C)C(C)=O. The van der Waals surface area contributed by atoms with Crippen molar-refractivity contribution in [2.24, 2.45) is 14.1 Å². The third kappa shape index (κ3) is 3.63. The predicted molar refractivity (Wildman–Crippen MR) is 106 cm³/mol. The van der Waals surface area contributed by atoms with Gasteiger partial charge < -0.3 is 0 Å². The van der Waals surface area contributed by atoms with E-state index in [1.165, 1.54) is 46.1 Å². The average Bonchev–Trinajstić information content (AvgIpc) is 2.68. The molecule has 0 N–H and O–H groups in total. The highest BCUT2D eigenvalue weighted by Gasteiger charge is 2.26. The van der Waals surface area contributed by atoms with E-state index in [0.717, 1.165) is 20.9 Å². The summed E-state index contributed by atoms with van der Waals surface area (Å²) in [6.45, 7) is 2.52. The monoisotopic (exact) mass is 416 g/mol. The summed E-state index contributed by atoms with van der Waals surface area (Å²) < 4.78 is 16.3. The van der Waals surface area contributed by atoms with Crippen LogP contribution in [0.5, 0.6) is 0 Å². The number of carbonyl (C=O) groups excluding carboxylic acids is 2. The van der Waals surface area contributed by atoms with E-state index in [0.29, 0.717) is 0 Å². The van der Waals surface area contributed by atoms with Crippen molar-refractivity contribution in [3.05, 3.63) is 50.9 Å². The van der Waals surface area contributed by atoms with E-state index in [2.05, 4.69) is 9.97 Å². The molecular weight excluding hydrogens is 399 g/mol. The summed E-state index contributed by atoms with van der Waals surface area (Å²) in [7, 11) is 2.72. The standard InChI is InChI=1S/C19H17FN4O4S/c1-9(25)14(10(2)26)29-17-13-16(23(3)19(28)24(4)18(13)27)21-15(22-17)11-7-5-6-8-12(11)20/h5-8,14H,1-4H3. The minimum Gasteiger partial charge on any atom is -0.298 e. The highest BCUT2D eigenvalue weighted by Crippen LogP contribution is 2.30. The van der Waals surface area contributed by atoms with Gasteiger partial charge in [-0.1, -0.05) is 23.9 Å². The van der Waals surface area contributed by atoms with Gasteiger partial charge in [-0.25, -0.2) is 19.2 Å². The van der Waals surface area contributed by atoms with E-state index >= 15 is 0 Å². The number of aryl methyl sites for hydroxylation is 1. The molecule has 0 amide bonds. The number of aromatic nitrogens is 4. The molecule has 0 aliphatic rings. The van der Waals surface area contributed by atoms with E-state index in [4.69, 9.17) is 0 Å². The number of thioether (sulfide) groups is 1. The molecule has 3 rings (SSSR count). The maximum absolute atomic E-state index is 14.3. The van der Waals surface area contributed by atoms with Gasteiger partial charge >= 0.3 is 5.69 Å². The Morgan fingerprint density at radius 1 is 1.03 bits per heavy atom. The average molecular weight is 416 g/mol. The van der Waals surface area contributed by atoms with Crippen molar-refractivity contribution in [2.75, 3.05) is 0 Å². The van der Waals surface area contributed by atoms with Crippen LogP contribution in [0.2, 0.25) is 0 Å². The molecule has 0 aliphatic heterocycles. The summed E-state index contributed by atoms with van der Waals surface area (Å²) >= 11 is 0.785. The Bertz CT molecular complexity index is 1270. The number of fused-ring (bicyclic) bond motifs is 1. The molecule has 0 spiro atoms. The summed E-state index contributed by atoms with van der Waals surface area (Å²) in [4.78, 5) is 57.5. The molecule has 0 saturated heterocycles. The minimum atomic E-state index is -1.09. The lowest BCUT2D eigenvalue weighted by molar-refractivity contribution is -0.123. The Balaban J connectivity index is 2.42. The summed E-state index contributed by atoms with van der Waals surface area (Å²) in [5.41, 5.74) is -1.24. The van der Waals surface area contributed by atoms with Gasteiger partial charge in [0.1, 0.15) is 21.5 Å². The Hall–Kier alpha value is -3.14. The molecule has 150 valence electrons. The second-order valence-corrected chi connectivity index (χ2v) is 7.55. The molecule has 1 aromatic carbocycles. The fourth-order valence-corrected chi connectivity index (χ4v) is 3.83. The zero-order valence-corrected chi connectivity index (χ0v) is 16.9. The third-order valence-corrected chi connectivity index (χ3v) is 5.77. The Labute approximate surface area is 168 Å². The van der Waals surface area contributed by atoms with Crippen LogP contribution in [-0.2, 0) is 23.7 Å². The van der Waals surface area contributed by atoms with Crippen molar-refractivity contribution >= 4 is 34.4 Å². The van der Waals surface area contributed by atoms with E-state index < -0.39 is 33.9 Å². The second kappa shape index (κ2) is 7.70. The van der Waals surface area contributed by atoms with Crippen molar-refractivity contribution in [1.29, 1.82) is 0 Å². The van der Waals surface area contributed by atoms with Crippen LogP contribution in [0.4, 0.5) is 4.39 Å². The normalized spacial score (nSPS) is 11.2. The number of carbonyl (C=O) groups is 2. The number of benzene rings is 1. The first kappa shape index (κ1) is 20.6. The Kier molecular flexibility index (Phi) is 5.47. The molecule has 2 heterocycles. The molecule has 0 bridgehead atoms. The first-order valence-electron chi connectivity index (χ1n) is 8.53. The molecule has 0 fully saturated rings. The Morgan fingerprint density at radius 2 is 1.66 bits per heavy atom. The number of Topliss-reactive ketones (excluding diaryl/α,β-unsaturated/α-hetero) is 2. The van der Waals surface area contributed by atoms with Gasteiger partial charge in [0.15, 0.2) is 23.0 Å². The van der Waals surface area contributed by atoms with Gasteiger partial charge in [0.25, 0.3) is 5.56 Å². The van der Waals surface area contributed by atoms with Crippen LogP contribution in [0.3, 0.4) is 0 Å². The van der Waals surface area contributed by atoms with E-state index in [1.54, 1.807) is 6.07 Å². The summed E-state index contributed by atoms with van der Waals surface area (Å²) in [6, 6.07) is 5.78. The maximum Gasteiger partial charge on any atom is 0.332 e. The lowest BCUT2D eigenvalue weighted by atomic mass is 10.2. The Morgan fingerprint density at radius 3 is 2.24 bits per heavy atom. The molecule has 10 heteroatoms. The number of hydrogen-bond donors (Lipinski definition) is 0. The van der Waals surface area contributed by atoms with Crippen molar-refractivity contribution in [3.63, 3.8) is 0 Å². The number of halogens is 1. The predicted octanol–water partition coefficient (Wildman–Crippen LogP) is 1.47. The molecule has 0 aliphatic carbocycles. The zero-order chi connectivity index (χ0) is 21.5. The molecule has 0 unspecified atom stereocenters.